The normalized spacial score (nSPS) is 9.40. The van der Waals surface area contributed by atoms with E-state index in [0.717, 1.165) is 11.1 Å². The highest BCUT2D eigenvalue weighted by Gasteiger charge is 1.91. The third-order valence-electron chi connectivity index (χ3n) is 1.27. The molecule has 0 atom stereocenters. The largest absolute Gasteiger partial charge is 0.0843 e. The topological polar surface area (TPSA) is 0 Å². The summed E-state index contributed by atoms with van der Waals surface area (Å²) >= 11 is 5.64. The van der Waals surface area contributed by atoms with Gasteiger partial charge in [-0.3, -0.25) is 0 Å². The molecule has 0 fully saturated rings. The molecule has 1 radical (unpaired) electrons. The van der Waals surface area contributed by atoms with E-state index in [1.807, 2.05) is 24.3 Å². The molecule has 0 spiro atoms. The minimum Gasteiger partial charge on any atom is -0.0843 e. The highest BCUT2D eigenvalue weighted by molar-refractivity contribution is 6.48. The average Bonchev–Trinajstić information content (AvgIpc) is 1.88. The smallest absolute Gasteiger partial charge is 0.0406 e. The van der Waals surface area contributed by atoms with Crippen LogP contribution in [0.4, 0.5) is 0 Å². The first-order valence-electron chi connectivity index (χ1n) is 2.97. The van der Waals surface area contributed by atoms with Crippen LogP contribution in [0.25, 0.3) is 5.03 Å². The quantitative estimate of drug-likeness (QED) is 0.579. The van der Waals surface area contributed by atoms with Crippen LogP contribution in [0.5, 0.6) is 0 Å². The van der Waals surface area contributed by atoms with E-state index < -0.39 is 0 Å². The summed E-state index contributed by atoms with van der Waals surface area (Å²) in [5, 5.41) is 0.569. The second-order valence-corrected chi connectivity index (χ2v) is 2.56. The van der Waals surface area contributed by atoms with Crippen LogP contribution < -0.4 is 0 Å². The molecule has 0 aliphatic heterocycles. The van der Waals surface area contributed by atoms with Gasteiger partial charge in [-0.1, -0.05) is 42.4 Å². The van der Waals surface area contributed by atoms with Gasteiger partial charge in [0.05, 0.1) is 0 Å². The van der Waals surface area contributed by atoms with E-state index in [1.54, 1.807) is 0 Å². The van der Waals surface area contributed by atoms with Gasteiger partial charge >= 0.3 is 0 Å². The van der Waals surface area contributed by atoms with Crippen molar-refractivity contribution in [2.24, 2.45) is 0 Å². The predicted molar refractivity (Wildman–Crippen MR) is 45.8 cm³/mol. The van der Waals surface area contributed by atoms with Crippen molar-refractivity contribution in [3.8, 4) is 0 Å². The molecule has 1 aromatic rings. The van der Waals surface area contributed by atoms with Crippen LogP contribution in [-0.4, -0.2) is 0 Å². The first-order chi connectivity index (χ1) is 4.70. The Morgan fingerprint density at radius 3 is 2.10 bits per heavy atom. The van der Waals surface area contributed by atoms with Crippen LogP contribution >= 0.6 is 11.6 Å². The van der Waals surface area contributed by atoms with Crippen molar-refractivity contribution in [2.75, 3.05) is 0 Å². The first-order valence-corrected chi connectivity index (χ1v) is 3.35. The van der Waals surface area contributed by atoms with Gasteiger partial charge in [-0.05, 0) is 18.1 Å². The van der Waals surface area contributed by atoms with Crippen molar-refractivity contribution in [1.82, 2.24) is 0 Å². The Balaban J connectivity index is 3.00. The summed E-state index contributed by atoms with van der Waals surface area (Å²) in [7, 11) is 0. The number of benzene rings is 1. The van der Waals surface area contributed by atoms with Crippen LogP contribution in [0.3, 0.4) is 0 Å². The van der Waals surface area contributed by atoms with E-state index in [4.69, 9.17) is 11.6 Å². The van der Waals surface area contributed by atoms with Gasteiger partial charge in [0, 0.05) is 5.03 Å². The van der Waals surface area contributed by atoms with Crippen molar-refractivity contribution in [3.63, 3.8) is 0 Å². The van der Waals surface area contributed by atoms with Crippen LogP contribution in [0.15, 0.2) is 30.8 Å². The van der Waals surface area contributed by atoms with E-state index >= 15 is 0 Å². The van der Waals surface area contributed by atoms with E-state index in [2.05, 4.69) is 13.5 Å². The Morgan fingerprint density at radius 1 is 1.20 bits per heavy atom. The second kappa shape index (κ2) is 2.89. The molecule has 0 bridgehead atoms. The van der Waals surface area contributed by atoms with Gasteiger partial charge in [0.15, 0.2) is 0 Å². The Morgan fingerprint density at radius 2 is 1.70 bits per heavy atom. The molecule has 1 heteroatoms. The summed E-state index contributed by atoms with van der Waals surface area (Å²) in [6.45, 7) is 7.35. The summed E-state index contributed by atoms with van der Waals surface area (Å²) in [6.07, 6.45) is 0. The average molecular weight is 152 g/mol. The van der Waals surface area contributed by atoms with Crippen molar-refractivity contribution in [3.05, 3.63) is 48.9 Å². The fourth-order valence-electron chi connectivity index (χ4n) is 0.686. The molecule has 0 N–H and O–H groups in total. The SMILES string of the molecule is [CH2]c1ccc(C(=C)Cl)cc1. The summed E-state index contributed by atoms with van der Waals surface area (Å²) < 4.78 is 0. The maximum atomic E-state index is 5.64. The zero-order chi connectivity index (χ0) is 7.56. The first kappa shape index (κ1) is 7.36. The molecule has 1 rings (SSSR count). The molecular formula is C9H8Cl. The van der Waals surface area contributed by atoms with Gasteiger partial charge in [-0.2, -0.15) is 0 Å². The van der Waals surface area contributed by atoms with E-state index in [1.165, 1.54) is 0 Å². The molecule has 0 saturated carbocycles. The lowest BCUT2D eigenvalue weighted by Gasteiger charge is -1.96. The van der Waals surface area contributed by atoms with E-state index in [0.29, 0.717) is 5.03 Å². The highest BCUT2D eigenvalue weighted by atomic mass is 35.5. The monoisotopic (exact) mass is 151 g/mol. The maximum absolute atomic E-state index is 5.64. The third-order valence-corrected chi connectivity index (χ3v) is 1.49. The number of hydrogen-bond donors (Lipinski definition) is 0. The van der Waals surface area contributed by atoms with Gasteiger partial charge in [-0.15, -0.1) is 0 Å². The van der Waals surface area contributed by atoms with Gasteiger partial charge in [0.25, 0.3) is 0 Å². The molecule has 0 aliphatic rings. The molecule has 0 amide bonds. The van der Waals surface area contributed by atoms with Crippen LogP contribution in [0.1, 0.15) is 11.1 Å². The van der Waals surface area contributed by atoms with E-state index in [-0.39, 0.29) is 0 Å². The number of rotatable bonds is 1. The number of halogens is 1. The molecule has 0 nitrogen and oxygen atoms in total. The molecule has 1 aromatic carbocycles. The second-order valence-electron chi connectivity index (χ2n) is 2.10. The Labute approximate surface area is 66.1 Å². The van der Waals surface area contributed by atoms with Crippen LogP contribution in [0.2, 0.25) is 0 Å². The maximum Gasteiger partial charge on any atom is 0.0406 e. The molecule has 0 unspecified atom stereocenters. The van der Waals surface area contributed by atoms with Crippen molar-refractivity contribution in [2.45, 2.75) is 0 Å². The Hall–Kier alpha value is -0.750. The fourth-order valence-corrected chi connectivity index (χ4v) is 0.812. The highest BCUT2D eigenvalue weighted by Crippen LogP contribution is 2.15. The minimum atomic E-state index is 0.569. The number of hydrogen-bond acceptors (Lipinski definition) is 0. The zero-order valence-corrected chi connectivity index (χ0v) is 6.36. The summed E-state index contributed by atoms with van der Waals surface area (Å²) in [4.78, 5) is 0. The van der Waals surface area contributed by atoms with Gasteiger partial charge in [0.1, 0.15) is 0 Å². The third kappa shape index (κ3) is 1.61. The predicted octanol–water partition coefficient (Wildman–Crippen LogP) is 3.08. The lowest BCUT2D eigenvalue weighted by molar-refractivity contribution is 1.58. The Bertz CT molecular complexity index is 233. The van der Waals surface area contributed by atoms with Crippen LogP contribution in [0, 0.1) is 6.92 Å². The summed E-state index contributed by atoms with van der Waals surface area (Å²) in [6, 6.07) is 7.61. The molecule has 0 saturated heterocycles. The molecular weight excluding hydrogens is 144 g/mol. The van der Waals surface area contributed by atoms with Gasteiger partial charge < -0.3 is 0 Å². The molecule has 10 heavy (non-hydrogen) atoms. The lowest BCUT2D eigenvalue weighted by Crippen LogP contribution is -1.75. The lowest BCUT2D eigenvalue weighted by atomic mass is 10.1. The fraction of sp³-hybridized carbons (Fsp3) is 0. The summed E-state index contributed by atoms with van der Waals surface area (Å²) in [5.41, 5.74) is 1.94. The standard InChI is InChI=1S/C9H8Cl/c1-7-3-5-9(6-4-7)8(2)10/h3-6H,1-2H2. The van der Waals surface area contributed by atoms with Gasteiger partial charge in [0.2, 0.25) is 0 Å². The van der Waals surface area contributed by atoms with Crippen molar-refractivity contribution in [1.29, 1.82) is 0 Å². The minimum absolute atomic E-state index is 0.569. The zero-order valence-electron chi connectivity index (χ0n) is 5.60. The molecule has 0 heterocycles. The van der Waals surface area contributed by atoms with Crippen LogP contribution in [-0.2, 0) is 0 Å². The molecule has 0 aliphatic carbocycles. The molecule has 51 valence electrons. The Kier molecular flexibility index (Phi) is 2.13. The summed E-state index contributed by atoms with van der Waals surface area (Å²) in [5.74, 6) is 0. The van der Waals surface area contributed by atoms with Crippen molar-refractivity contribution < 1.29 is 0 Å². The van der Waals surface area contributed by atoms with Gasteiger partial charge in [-0.25, -0.2) is 0 Å². The van der Waals surface area contributed by atoms with Crippen molar-refractivity contribution >= 4 is 16.6 Å². The van der Waals surface area contributed by atoms with E-state index in [9.17, 15) is 0 Å². The molecule has 0 aromatic heterocycles.